The highest BCUT2D eigenvalue weighted by atomic mass is 16.5. The zero-order chi connectivity index (χ0) is 18.0. The Labute approximate surface area is 148 Å². The van der Waals surface area contributed by atoms with Crippen LogP contribution in [0.3, 0.4) is 0 Å². The van der Waals surface area contributed by atoms with E-state index >= 15 is 0 Å². The predicted octanol–water partition coefficient (Wildman–Crippen LogP) is 2.12. The van der Waals surface area contributed by atoms with E-state index in [0.29, 0.717) is 37.1 Å². The lowest BCUT2D eigenvalue weighted by Gasteiger charge is -2.34. The van der Waals surface area contributed by atoms with Crippen molar-refractivity contribution in [2.24, 2.45) is 11.8 Å². The van der Waals surface area contributed by atoms with Crippen LogP contribution in [-0.2, 0) is 11.3 Å². The first-order valence-corrected chi connectivity index (χ1v) is 9.15. The van der Waals surface area contributed by atoms with Gasteiger partial charge >= 0.3 is 0 Å². The van der Waals surface area contributed by atoms with Gasteiger partial charge in [0.1, 0.15) is 12.0 Å². The molecule has 0 spiro atoms. The molecule has 1 aliphatic carbocycles. The molecule has 2 aliphatic rings. The molecule has 1 aromatic rings. The molecular formula is C19H28N2O4. The average Bonchev–Trinajstić information content (AvgIpc) is 3.39. The fraction of sp³-hybridized carbons (Fsp3) is 0.684. The van der Waals surface area contributed by atoms with E-state index in [1.54, 1.807) is 0 Å². The summed E-state index contributed by atoms with van der Waals surface area (Å²) in [5, 5.41) is 0. The fourth-order valence-electron chi connectivity index (χ4n) is 3.46. The normalized spacial score (nSPS) is 22.3. The van der Waals surface area contributed by atoms with Crippen LogP contribution in [0.4, 0.5) is 0 Å². The molecule has 1 atom stereocenters. The second-order valence-electron chi connectivity index (χ2n) is 7.56. The fourth-order valence-corrected chi connectivity index (χ4v) is 3.46. The minimum Gasteiger partial charge on any atom is -0.490 e. The van der Waals surface area contributed by atoms with Gasteiger partial charge in [-0.25, -0.2) is 0 Å². The maximum absolute atomic E-state index is 12.6. The molecule has 0 radical (unpaired) electrons. The summed E-state index contributed by atoms with van der Waals surface area (Å²) in [4.78, 5) is 28.9. The molecule has 6 nitrogen and oxygen atoms in total. The Morgan fingerprint density at radius 3 is 2.68 bits per heavy atom. The molecule has 6 heteroatoms. The summed E-state index contributed by atoms with van der Waals surface area (Å²) in [5.74, 6) is 2.16. The van der Waals surface area contributed by atoms with Crippen molar-refractivity contribution >= 4 is 5.91 Å². The number of hydrogen-bond acceptors (Lipinski definition) is 5. The number of nitrogens with zero attached hydrogens (tertiary/aromatic N) is 2. The minimum absolute atomic E-state index is 0.176. The highest BCUT2D eigenvalue weighted by Crippen LogP contribution is 2.32. The SMILES string of the molecule is COc1coc(CN2CCC(=O)N(CC3CC3)C(C(C)C)C2)cc1=O. The van der Waals surface area contributed by atoms with Crippen LogP contribution in [0, 0.1) is 11.8 Å². The van der Waals surface area contributed by atoms with Crippen LogP contribution < -0.4 is 10.2 Å². The van der Waals surface area contributed by atoms with Crippen molar-refractivity contribution in [3.8, 4) is 5.75 Å². The third kappa shape index (κ3) is 4.42. The first-order valence-electron chi connectivity index (χ1n) is 9.15. The topological polar surface area (TPSA) is 63.0 Å². The van der Waals surface area contributed by atoms with Gasteiger partial charge in [0.05, 0.1) is 13.7 Å². The van der Waals surface area contributed by atoms with Crippen molar-refractivity contribution in [3.63, 3.8) is 0 Å². The summed E-state index contributed by atoms with van der Waals surface area (Å²) in [5.41, 5.74) is -0.176. The standard InChI is InChI=1S/C19H28N2O4/c1-13(2)16-11-20(7-6-19(23)21(16)9-14-4-5-14)10-15-8-17(22)18(24-3)12-25-15/h8,12-14,16H,4-7,9-11H2,1-3H3. The van der Waals surface area contributed by atoms with Crippen LogP contribution in [0.15, 0.2) is 21.5 Å². The lowest BCUT2D eigenvalue weighted by molar-refractivity contribution is -0.133. The summed E-state index contributed by atoms with van der Waals surface area (Å²) in [6, 6.07) is 1.69. The van der Waals surface area contributed by atoms with Gasteiger partial charge in [-0.3, -0.25) is 14.5 Å². The van der Waals surface area contributed by atoms with Crippen LogP contribution in [0.5, 0.6) is 5.75 Å². The zero-order valence-corrected chi connectivity index (χ0v) is 15.4. The molecule has 2 fully saturated rings. The first kappa shape index (κ1) is 18.0. The molecule has 25 heavy (non-hydrogen) atoms. The Kier molecular flexibility index (Phi) is 5.47. The molecule has 2 heterocycles. The quantitative estimate of drug-likeness (QED) is 0.788. The number of methoxy groups -OCH3 is 1. The lowest BCUT2D eigenvalue weighted by Crippen LogP contribution is -2.47. The summed E-state index contributed by atoms with van der Waals surface area (Å²) >= 11 is 0. The van der Waals surface area contributed by atoms with E-state index in [9.17, 15) is 9.59 Å². The van der Waals surface area contributed by atoms with Crippen molar-refractivity contribution in [2.75, 3.05) is 26.7 Å². The van der Waals surface area contributed by atoms with Crippen LogP contribution in [0.2, 0.25) is 0 Å². The molecular weight excluding hydrogens is 320 g/mol. The van der Waals surface area contributed by atoms with Gasteiger partial charge in [0.15, 0.2) is 0 Å². The first-order chi connectivity index (χ1) is 12.0. The molecule has 1 unspecified atom stereocenters. The van der Waals surface area contributed by atoms with Crippen molar-refractivity contribution in [3.05, 3.63) is 28.3 Å². The van der Waals surface area contributed by atoms with Crippen molar-refractivity contribution < 1.29 is 13.9 Å². The Balaban J connectivity index is 1.72. The molecule has 0 N–H and O–H groups in total. The second kappa shape index (κ2) is 7.60. The molecule has 1 aliphatic heterocycles. The summed E-state index contributed by atoms with van der Waals surface area (Å²) in [6.45, 7) is 7.29. The number of ether oxygens (including phenoxy) is 1. The largest absolute Gasteiger partial charge is 0.490 e. The second-order valence-corrected chi connectivity index (χ2v) is 7.56. The van der Waals surface area contributed by atoms with Crippen LogP contribution in [0.25, 0.3) is 0 Å². The molecule has 1 saturated carbocycles. The summed E-state index contributed by atoms with van der Waals surface area (Å²) in [7, 11) is 1.45. The molecule has 1 saturated heterocycles. The van der Waals surface area contributed by atoms with Gasteiger partial charge in [-0.1, -0.05) is 13.8 Å². The summed E-state index contributed by atoms with van der Waals surface area (Å²) in [6.07, 6.45) is 4.38. The van der Waals surface area contributed by atoms with E-state index in [0.717, 1.165) is 13.1 Å². The molecule has 1 amide bonds. The molecule has 0 bridgehead atoms. The third-order valence-corrected chi connectivity index (χ3v) is 5.18. The van der Waals surface area contributed by atoms with Gasteiger partial charge in [-0.2, -0.15) is 0 Å². The number of carbonyl (C=O) groups excluding carboxylic acids is 1. The average molecular weight is 348 g/mol. The number of carbonyl (C=O) groups is 1. The van der Waals surface area contributed by atoms with E-state index in [-0.39, 0.29) is 23.1 Å². The van der Waals surface area contributed by atoms with Crippen molar-refractivity contribution in [1.82, 2.24) is 9.80 Å². The Hall–Kier alpha value is -1.82. The van der Waals surface area contributed by atoms with E-state index in [2.05, 4.69) is 23.6 Å². The molecule has 0 aromatic carbocycles. The molecule has 138 valence electrons. The van der Waals surface area contributed by atoms with Gasteiger partial charge in [0.25, 0.3) is 0 Å². The van der Waals surface area contributed by atoms with Crippen LogP contribution in [0.1, 0.15) is 38.9 Å². The van der Waals surface area contributed by atoms with Gasteiger partial charge in [0.2, 0.25) is 17.1 Å². The van der Waals surface area contributed by atoms with Crippen LogP contribution in [-0.4, -0.2) is 48.5 Å². The van der Waals surface area contributed by atoms with E-state index < -0.39 is 0 Å². The number of hydrogen-bond donors (Lipinski definition) is 0. The maximum atomic E-state index is 12.6. The van der Waals surface area contributed by atoms with Gasteiger partial charge in [-0.05, 0) is 24.7 Å². The maximum Gasteiger partial charge on any atom is 0.227 e. The number of rotatable bonds is 6. The molecule has 3 rings (SSSR count). The number of amides is 1. The van der Waals surface area contributed by atoms with Gasteiger partial charge in [-0.15, -0.1) is 0 Å². The van der Waals surface area contributed by atoms with Crippen molar-refractivity contribution in [2.45, 2.75) is 45.7 Å². The molecule has 1 aromatic heterocycles. The lowest BCUT2D eigenvalue weighted by atomic mass is 10.0. The zero-order valence-electron chi connectivity index (χ0n) is 15.4. The smallest absolute Gasteiger partial charge is 0.227 e. The highest BCUT2D eigenvalue weighted by Gasteiger charge is 2.35. The minimum atomic E-state index is -0.176. The Bertz CT molecular complexity index is 666. The van der Waals surface area contributed by atoms with E-state index in [1.165, 1.54) is 32.3 Å². The monoisotopic (exact) mass is 348 g/mol. The summed E-state index contributed by atoms with van der Waals surface area (Å²) < 4.78 is 10.5. The van der Waals surface area contributed by atoms with Crippen LogP contribution >= 0.6 is 0 Å². The van der Waals surface area contributed by atoms with E-state index in [1.807, 2.05) is 0 Å². The Morgan fingerprint density at radius 1 is 1.32 bits per heavy atom. The predicted molar refractivity (Wildman–Crippen MR) is 94.5 cm³/mol. The van der Waals surface area contributed by atoms with Gasteiger partial charge in [0, 0.05) is 38.2 Å². The Morgan fingerprint density at radius 2 is 2.08 bits per heavy atom. The van der Waals surface area contributed by atoms with E-state index in [4.69, 9.17) is 9.15 Å². The third-order valence-electron chi connectivity index (χ3n) is 5.18. The van der Waals surface area contributed by atoms with Crippen molar-refractivity contribution in [1.29, 1.82) is 0 Å². The highest BCUT2D eigenvalue weighted by molar-refractivity contribution is 5.77. The van der Waals surface area contributed by atoms with Gasteiger partial charge < -0.3 is 14.1 Å².